The van der Waals surface area contributed by atoms with Crippen molar-refractivity contribution >= 4 is 85.9 Å². The Morgan fingerprint density at radius 3 is 1.90 bits per heavy atom. The minimum atomic E-state index is 0.571. The van der Waals surface area contributed by atoms with Crippen LogP contribution < -0.4 is 0 Å². The number of aromatic nitrogens is 6. The lowest BCUT2D eigenvalue weighted by atomic mass is 9.94. The molecule has 0 atom stereocenters. The van der Waals surface area contributed by atoms with E-state index in [9.17, 15) is 0 Å². The summed E-state index contributed by atoms with van der Waals surface area (Å²) >= 11 is 1.86. The van der Waals surface area contributed by atoms with E-state index in [1.807, 2.05) is 53.8 Å². The van der Waals surface area contributed by atoms with Crippen molar-refractivity contribution in [2.24, 2.45) is 0 Å². The minimum Gasteiger partial charge on any atom is -0.309 e. The van der Waals surface area contributed by atoms with E-state index >= 15 is 0 Å². The molecule has 274 valence electrons. The molecule has 0 radical (unpaired) electrons. The molecule has 0 aliphatic carbocycles. The second-order valence-corrected chi connectivity index (χ2v) is 16.1. The van der Waals surface area contributed by atoms with Gasteiger partial charge in [-0.3, -0.25) is 14.5 Å². The number of fused-ring (bicyclic) bond motifs is 6. The molecule has 6 aromatic heterocycles. The highest BCUT2D eigenvalue weighted by Gasteiger charge is 2.22. The molecule has 0 amide bonds. The maximum Gasteiger partial charge on any atom is 0.235 e. The third-order valence-corrected chi connectivity index (χ3v) is 13.0. The van der Waals surface area contributed by atoms with Gasteiger partial charge in [0.1, 0.15) is 0 Å². The van der Waals surface area contributed by atoms with Crippen LogP contribution in [0.2, 0.25) is 0 Å². The van der Waals surface area contributed by atoms with Crippen molar-refractivity contribution in [3.63, 3.8) is 0 Å². The molecule has 0 saturated carbocycles. The number of nitrogens with zero attached hydrogens (tertiary/aromatic N) is 6. The van der Waals surface area contributed by atoms with E-state index in [0.717, 1.165) is 50.1 Å². The van der Waals surface area contributed by atoms with E-state index in [-0.39, 0.29) is 0 Å². The molecule has 0 spiro atoms. The zero-order valence-corrected chi connectivity index (χ0v) is 32.2. The lowest BCUT2D eigenvalue weighted by Crippen LogP contribution is -2.04. The highest BCUT2D eigenvalue weighted by Crippen LogP contribution is 2.45. The van der Waals surface area contributed by atoms with E-state index < -0.39 is 0 Å². The van der Waals surface area contributed by atoms with Crippen molar-refractivity contribution in [3.8, 4) is 45.5 Å². The number of rotatable bonds is 5. The summed E-state index contributed by atoms with van der Waals surface area (Å²) in [5, 5.41) is 9.94. The smallest absolute Gasteiger partial charge is 0.235 e. The van der Waals surface area contributed by atoms with E-state index in [0.29, 0.717) is 5.95 Å². The van der Waals surface area contributed by atoms with Crippen LogP contribution in [0.3, 0.4) is 0 Å². The molecule has 59 heavy (non-hydrogen) atoms. The van der Waals surface area contributed by atoms with E-state index in [1.54, 1.807) is 12.4 Å². The van der Waals surface area contributed by atoms with Crippen LogP contribution in [0.25, 0.3) is 120 Å². The summed E-state index contributed by atoms with van der Waals surface area (Å²) in [6.45, 7) is 0. The zero-order chi connectivity index (χ0) is 38.6. The van der Waals surface area contributed by atoms with Crippen molar-refractivity contribution in [2.75, 3.05) is 0 Å². The Morgan fingerprint density at radius 1 is 0.390 bits per heavy atom. The highest BCUT2D eigenvalue weighted by molar-refractivity contribution is 7.25. The monoisotopic (exact) mass is 770 g/mol. The van der Waals surface area contributed by atoms with Gasteiger partial charge < -0.3 is 4.57 Å². The van der Waals surface area contributed by atoms with Gasteiger partial charge in [0.25, 0.3) is 0 Å². The summed E-state index contributed by atoms with van der Waals surface area (Å²) < 4.78 is 7.25. The molecule has 6 heterocycles. The average Bonchev–Trinajstić information content (AvgIpc) is 3.96. The summed E-state index contributed by atoms with van der Waals surface area (Å²) in [6, 6.07) is 60.6. The first-order valence-electron chi connectivity index (χ1n) is 19.7. The number of benzene rings is 7. The van der Waals surface area contributed by atoms with Gasteiger partial charge in [-0.05, 0) is 107 Å². The summed E-state index contributed by atoms with van der Waals surface area (Å²) in [4.78, 5) is 19.6. The topological polar surface area (TPSA) is 61.4 Å². The average molecular weight is 771 g/mol. The lowest BCUT2D eigenvalue weighted by molar-refractivity contribution is 0.988. The fourth-order valence-corrected chi connectivity index (χ4v) is 10.3. The van der Waals surface area contributed by atoms with Gasteiger partial charge in [0.2, 0.25) is 5.95 Å². The molecule has 13 rings (SSSR count). The summed E-state index contributed by atoms with van der Waals surface area (Å²) in [5.74, 6) is 0.571. The van der Waals surface area contributed by atoms with Gasteiger partial charge in [0.15, 0.2) is 0 Å². The number of hydrogen-bond acceptors (Lipinski definition) is 5. The molecule has 13 aromatic rings. The molecular weight excluding hydrogens is 741 g/mol. The Labute approximate surface area is 341 Å². The van der Waals surface area contributed by atoms with Gasteiger partial charge in [-0.15, -0.1) is 11.3 Å². The predicted molar refractivity (Wildman–Crippen MR) is 244 cm³/mol. The van der Waals surface area contributed by atoms with Gasteiger partial charge in [0.05, 0.1) is 44.8 Å². The zero-order valence-electron chi connectivity index (χ0n) is 31.4. The maximum absolute atomic E-state index is 5.16. The fourth-order valence-electron chi connectivity index (χ4n) is 9.25. The van der Waals surface area contributed by atoms with Crippen LogP contribution in [-0.2, 0) is 0 Å². The second kappa shape index (κ2) is 12.4. The third kappa shape index (κ3) is 4.79. The standard InChI is InChI=1S/C52H30N6S/c1-3-15-44-35(11-1)38-28-32(19-23-45(38)58(44)52-55-42(40-13-5-7-26-53-40)30-43(56-52)41-14-6-8-27-54-41)34-22-24-47-51-37(34)21-18-31-10-9-16-46(50(31)51)57(47)33-20-25-49-39(29-33)36-12-2-4-17-48(36)59-49/h1-30H. The summed E-state index contributed by atoms with van der Waals surface area (Å²) in [5.41, 5.74) is 11.0. The van der Waals surface area contributed by atoms with Crippen LogP contribution in [0, 0.1) is 0 Å². The van der Waals surface area contributed by atoms with Crippen LogP contribution in [0.4, 0.5) is 0 Å². The molecule has 7 aromatic carbocycles. The molecule has 0 aliphatic rings. The first kappa shape index (κ1) is 32.4. The quantitative estimate of drug-likeness (QED) is 0.164. The molecule has 7 heteroatoms. The van der Waals surface area contributed by atoms with Gasteiger partial charge in [-0.1, -0.05) is 84.9 Å². The molecule has 0 N–H and O–H groups in total. The summed E-state index contributed by atoms with van der Waals surface area (Å²) in [7, 11) is 0. The number of para-hydroxylation sites is 1. The Balaban J connectivity index is 1.02. The molecule has 0 unspecified atom stereocenters. The van der Waals surface area contributed by atoms with Crippen LogP contribution >= 0.6 is 11.3 Å². The first-order valence-corrected chi connectivity index (χ1v) is 20.5. The van der Waals surface area contributed by atoms with Crippen molar-refractivity contribution in [2.45, 2.75) is 0 Å². The SMILES string of the molecule is c1ccc(-c2cc(-c3ccccn3)nc(-n3c4ccccc4c4cc(-c5ccc6c7c5ccc5cccc(c57)n6-c5ccc6sc7ccccc7c6c5)ccc43)n2)nc1. The van der Waals surface area contributed by atoms with E-state index in [4.69, 9.17) is 9.97 Å². The van der Waals surface area contributed by atoms with Gasteiger partial charge in [-0.2, -0.15) is 0 Å². The van der Waals surface area contributed by atoms with Crippen molar-refractivity contribution in [1.82, 2.24) is 29.1 Å². The second-order valence-electron chi connectivity index (χ2n) is 15.1. The molecule has 0 fully saturated rings. The lowest BCUT2D eigenvalue weighted by Gasteiger charge is -2.12. The first-order chi connectivity index (χ1) is 29.2. The fraction of sp³-hybridized carbons (Fsp3) is 0. The molecule has 0 saturated heterocycles. The van der Waals surface area contributed by atoms with E-state index in [1.165, 1.54) is 64.0 Å². The van der Waals surface area contributed by atoms with Gasteiger partial charge in [-0.25, -0.2) is 9.97 Å². The number of hydrogen-bond donors (Lipinski definition) is 0. The van der Waals surface area contributed by atoms with Gasteiger partial charge in [0, 0.05) is 59.8 Å². The number of thiophene rings is 1. The molecule has 6 nitrogen and oxygen atoms in total. The van der Waals surface area contributed by atoms with Crippen molar-refractivity contribution in [1.29, 1.82) is 0 Å². The van der Waals surface area contributed by atoms with Gasteiger partial charge >= 0.3 is 0 Å². The van der Waals surface area contributed by atoms with Crippen LogP contribution in [0.5, 0.6) is 0 Å². The molecular formula is C52H30N6S. The Bertz CT molecular complexity index is 3730. The predicted octanol–water partition coefficient (Wildman–Crippen LogP) is 13.4. The van der Waals surface area contributed by atoms with Crippen LogP contribution in [-0.4, -0.2) is 29.1 Å². The minimum absolute atomic E-state index is 0.571. The maximum atomic E-state index is 5.16. The van der Waals surface area contributed by atoms with Crippen molar-refractivity contribution < 1.29 is 0 Å². The van der Waals surface area contributed by atoms with E-state index in [2.05, 4.69) is 146 Å². The Morgan fingerprint density at radius 2 is 1.08 bits per heavy atom. The number of pyridine rings is 2. The van der Waals surface area contributed by atoms with Crippen molar-refractivity contribution in [3.05, 3.63) is 182 Å². The Kier molecular flexibility index (Phi) is 6.79. The third-order valence-electron chi connectivity index (χ3n) is 11.8. The highest BCUT2D eigenvalue weighted by atomic mass is 32.1. The molecule has 0 aliphatic heterocycles. The molecule has 0 bridgehead atoms. The largest absolute Gasteiger partial charge is 0.309 e. The van der Waals surface area contributed by atoms with Crippen LogP contribution in [0.1, 0.15) is 0 Å². The normalized spacial score (nSPS) is 12.1. The summed E-state index contributed by atoms with van der Waals surface area (Å²) in [6.07, 6.45) is 3.59. The Hall–Kier alpha value is -7.74. The van der Waals surface area contributed by atoms with Crippen LogP contribution in [0.15, 0.2) is 182 Å².